The third-order valence-corrected chi connectivity index (χ3v) is 3.91. The predicted octanol–water partition coefficient (Wildman–Crippen LogP) is 1.11. The van der Waals surface area contributed by atoms with Gasteiger partial charge in [-0.3, -0.25) is 9.82 Å². The fraction of sp³-hybridized carbons (Fsp3) is 0.182. The van der Waals surface area contributed by atoms with Crippen LogP contribution in [0.3, 0.4) is 0 Å². The number of sulfonamides is 1. The molecule has 19 heavy (non-hydrogen) atoms. The molecule has 1 heterocycles. The molecule has 0 atom stereocenters. The molecule has 0 aliphatic heterocycles. The van der Waals surface area contributed by atoms with Gasteiger partial charge < -0.3 is 10.5 Å². The summed E-state index contributed by atoms with van der Waals surface area (Å²) in [5.41, 5.74) is 6.64. The van der Waals surface area contributed by atoms with Crippen molar-refractivity contribution in [2.75, 3.05) is 17.6 Å². The summed E-state index contributed by atoms with van der Waals surface area (Å²) in [6.45, 7) is 1.73. The molecule has 8 heteroatoms. The summed E-state index contributed by atoms with van der Waals surface area (Å²) < 4.78 is 32.0. The number of nitrogens with two attached hydrogens (primary N) is 1. The first-order valence-electron chi connectivity index (χ1n) is 5.40. The Morgan fingerprint density at radius 3 is 2.74 bits per heavy atom. The molecule has 0 unspecified atom stereocenters. The Labute approximate surface area is 110 Å². The highest BCUT2D eigenvalue weighted by molar-refractivity contribution is 7.92. The van der Waals surface area contributed by atoms with Crippen LogP contribution in [0.25, 0.3) is 0 Å². The Kier molecular flexibility index (Phi) is 3.34. The number of aromatic amines is 1. The molecule has 2 rings (SSSR count). The number of H-pyrrole nitrogens is 1. The average Bonchev–Trinajstić information content (AvgIpc) is 2.74. The van der Waals surface area contributed by atoms with Crippen LogP contribution in [-0.2, 0) is 10.0 Å². The molecule has 0 bridgehead atoms. The lowest BCUT2D eigenvalue weighted by Crippen LogP contribution is -2.15. The number of methoxy groups -OCH3 is 1. The second-order valence-corrected chi connectivity index (χ2v) is 5.59. The molecule has 0 fully saturated rings. The topological polar surface area (TPSA) is 110 Å². The van der Waals surface area contributed by atoms with Crippen LogP contribution in [0.5, 0.6) is 5.75 Å². The van der Waals surface area contributed by atoms with Crippen molar-refractivity contribution in [2.45, 2.75) is 11.8 Å². The van der Waals surface area contributed by atoms with E-state index in [2.05, 4.69) is 14.9 Å². The molecular formula is C11H14N4O3S. The number of benzene rings is 1. The van der Waals surface area contributed by atoms with Crippen molar-refractivity contribution in [3.63, 3.8) is 0 Å². The lowest BCUT2D eigenvalue weighted by molar-refractivity contribution is 0.403. The van der Waals surface area contributed by atoms with Gasteiger partial charge in [-0.15, -0.1) is 0 Å². The maximum atomic E-state index is 12.3. The van der Waals surface area contributed by atoms with Crippen LogP contribution < -0.4 is 15.2 Å². The van der Waals surface area contributed by atoms with Crippen LogP contribution in [0, 0.1) is 6.92 Å². The van der Waals surface area contributed by atoms with E-state index in [9.17, 15) is 8.42 Å². The second-order valence-electron chi connectivity index (χ2n) is 3.94. The number of aryl methyl sites for hydroxylation is 1. The van der Waals surface area contributed by atoms with Gasteiger partial charge in [0.05, 0.1) is 13.3 Å². The minimum atomic E-state index is -3.80. The summed E-state index contributed by atoms with van der Waals surface area (Å²) in [5.74, 6) is 0.531. The summed E-state index contributed by atoms with van der Waals surface area (Å²) in [6, 6.07) is 4.41. The number of hydrogen-bond donors (Lipinski definition) is 3. The molecule has 4 N–H and O–H groups in total. The van der Waals surface area contributed by atoms with Crippen molar-refractivity contribution >= 4 is 21.5 Å². The van der Waals surface area contributed by atoms with Gasteiger partial charge in [-0.2, -0.15) is 5.10 Å². The minimum absolute atomic E-state index is 0.0241. The molecular weight excluding hydrogens is 268 g/mol. The van der Waals surface area contributed by atoms with Crippen molar-refractivity contribution < 1.29 is 13.2 Å². The third-order valence-electron chi connectivity index (χ3n) is 2.54. The number of ether oxygens (including phenoxy) is 1. The van der Waals surface area contributed by atoms with Crippen LogP contribution >= 0.6 is 0 Å². The number of nitrogens with one attached hydrogen (secondary N) is 2. The van der Waals surface area contributed by atoms with Crippen LogP contribution in [0.2, 0.25) is 0 Å². The second kappa shape index (κ2) is 4.81. The first-order chi connectivity index (χ1) is 8.94. The number of rotatable bonds is 4. The Bertz CT molecular complexity index is 694. The van der Waals surface area contributed by atoms with E-state index in [1.54, 1.807) is 13.0 Å². The number of nitrogen functional groups attached to an aromatic ring is 1. The molecule has 0 amide bonds. The van der Waals surface area contributed by atoms with Crippen molar-refractivity contribution in [1.82, 2.24) is 10.2 Å². The monoisotopic (exact) mass is 282 g/mol. The van der Waals surface area contributed by atoms with Crippen LogP contribution in [0.1, 0.15) is 5.56 Å². The third kappa shape index (κ3) is 2.63. The van der Waals surface area contributed by atoms with E-state index in [4.69, 9.17) is 10.5 Å². The van der Waals surface area contributed by atoms with Crippen molar-refractivity contribution in [2.24, 2.45) is 0 Å². The summed E-state index contributed by atoms with van der Waals surface area (Å²) in [4.78, 5) is -0.0241. The molecule has 0 radical (unpaired) electrons. The zero-order chi connectivity index (χ0) is 14.0. The molecule has 2 aromatic rings. The van der Waals surface area contributed by atoms with Crippen molar-refractivity contribution in [1.29, 1.82) is 0 Å². The Hall–Kier alpha value is -2.22. The number of anilines is 2. The maximum absolute atomic E-state index is 12.3. The van der Waals surface area contributed by atoms with Gasteiger partial charge in [0.15, 0.2) is 0 Å². The molecule has 1 aromatic carbocycles. The molecule has 0 saturated heterocycles. The SMILES string of the molecule is COc1ccc(N)cc1S(=O)(=O)Nc1[nH]ncc1C. The highest BCUT2D eigenvalue weighted by Crippen LogP contribution is 2.27. The fourth-order valence-corrected chi connectivity index (χ4v) is 2.84. The summed E-state index contributed by atoms with van der Waals surface area (Å²) >= 11 is 0. The van der Waals surface area contributed by atoms with Crippen molar-refractivity contribution in [3.8, 4) is 5.75 Å². The zero-order valence-electron chi connectivity index (χ0n) is 10.5. The molecule has 0 saturated carbocycles. The van der Waals surface area contributed by atoms with E-state index in [1.165, 1.54) is 25.4 Å². The highest BCUT2D eigenvalue weighted by Gasteiger charge is 2.21. The summed E-state index contributed by atoms with van der Waals surface area (Å²) in [7, 11) is -2.40. The van der Waals surface area contributed by atoms with Crippen LogP contribution in [0.4, 0.5) is 11.5 Å². The van der Waals surface area contributed by atoms with E-state index in [0.717, 1.165) is 0 Å². The first-order valence-corrected chi connectivity index (χ1v) is 6.88. The maximum Gasteiger partial charge on any atom is 0.266 e. The standard InChI is InChI=1S/C11H14N4O3S/c1-7-6-13-14-11(7)15-19(16,17)10-5-8(12)3-4-9(10)18-2/h3-6H,12H2,1-2H3,(H2,13,14,15). The molecule has 7 nitrogen and oxygen atoms in total. The number of hydrogen-bond acceptors (Lipinski definition) is 5. The van der Waals surface area contributed by atoms with Gasteiger partial charge in [0.1, 0.15) is 16.5 Å². The summed E-state index contributed by atoms with van der Waals surface area (Å²) in [5, 5.41) is 6.32. The van der Waals surface area contributed by atoms with E-state index in [0.29, 0.717) is 17.1 Å². The van der Waals surface area contributed by atoms with Gasteiger partial charge in [-0.1, -0.05) is 0 Å². The van der Waals surface area contributed by atoms with E-state index >= 15 is 0 Å². The van der Waals surface area contributed by atoms with Gasteiger partial charge in [0, 0.05) is 11.3 Å². The van der Waals surface area contributed by atoms with Crippen LogP contribution in [0.15, 0.2) is 29.3 Å². The minimum Gasteiger partial charge on any atom is -0.495 e. The molecule has 1 aromatic heterocycles. The zero-order valence-corrected chi connectivity index (χ0v) is 11.3. The average molecular weight is 282 g/mol. The summed E-state index contributed by atoms with van der Waals surface area (Å²) in [6.07, 6.45) is 1.52. The number of nitrogens with zero attached hydrogens (tertiary/aromatic N) is 1. The molecule has 0 spiro atoms. The fourth-order valence-electron chi connectivity index (χ4n) is 1.54. The first kappa shape index (κ1) is 13.2. The molecule has 102 valence electrons. The van der Waals surface area contributed by atoms with Gasteiger partial charge in [0.2, 0.25) is 0 Å². The Balaban J connectivity index is 2.45. The highest BCUT2D eigenvalue weighted by atomic mass is 32.2. The normalized spacial score (nSPS) is 11.3. The Morgan fingerprint density at radius 2 is 2.16 bits per heavy atom. The lowest BCUT2D eigenvalue weighted by atomic mass is 10.3. The predicted molar refractivity (Wildman–Crippen MR) is 71.5 cm³/mol. The van der Waals surface area contributed by atoms with Crippen LogP contribution in [-0.4, -0.2) is 25.7 Å². The van der Waals surface area contributed by atoms with E-state index in [-0.39, 0.29) is 10.6 Å². The largest absolute Gasteiger partial charge is 0.495 e. The van der Waals surface area contributed by atoms with Gasteiger partial charge in [-0.05, 0) is 25.1 Å². The lowest BCUT2D eigenvalue weighted by Gasteiger charge is -2.11. The van der Waals surface area contributed by atoms with Gasteiger partial charge >= 0.3 is 0 Å². The van der Waals surface area contributed by atoms with Gasteiger partial charge in [-0.25, -0.2) is 8.42 Å². The van der Waals surface area contributed by atoms with E-state index in [1.807, 2.05) is 0 Å². The van der Waals surface area contributed by atoms with E-state index < -0.39 is 10.0 Å². The van der Waals surface area contributed by atoms with Crippen molar-refractivity contribution in [3.05, 3.63) is 30.0 Å². The molecule has 0 aliphatic carbocycles. The smallest absolute Gasteiger partial charge is 0.266 e. The quantitative estimate of drug-likeness (QED) is 0.728. The molecule has 0 aliphatic rings. The van der Waals surface area contributed by atoms with Gasteiger partial charge in [0.25, 0.3) is 10.0 Å². The number of aromatic nitrogens is 2. The Morgan fingerprint density at radius 1 is 1.42 bits per heavy atom.